The molecule has 2 N–H and O–H groups in total. The second kappa shape index (κ2) is 2.77. The molecule has 66 valence electrons. The Morgan fingerprint density at radius 3 is 2.23 bits per heavy atom. The number of benzene rings is 2. The first-order valence-electron chi connectivity index (χ1n) is 4.44. The molecule has 1 heteroatoms. The highest BCUT2D eigenvalue weighted by atomic mass is 14.6. The number of rotatable bonds is 0. The van der Waals surface area contributed by atoms with E-state index in [2.05, 4.69) is 32.0 Å². The summed E-state index contributed by atoms with van der Waals surface area (Å²) in [6.07, 6.45) is 0. The van der Waals surface area contributed by atoms with Crippen LogP contribution < -0.4 is 5.73 Å². The molecule has 0 spiro atoms. The molecule has 0 heterocycles. The summed E-state index contributed by atoms with van der Waals surface area (Å²) in [7, 11) is 0. The van der Waals surface area contributed by atoms with E-state index in [1.165, 1.54) is 16.3 Å². The zero-order valence-electron chi connectivity index (χ0n) is 7.96. The molecule has 0 aliphatic carbocycles. The average Bonchev–Trinajstić information content (AvgIpc) is 2.15. The third-order valence-corrected chi connectivity index (χ3v) is 2.50. The summed E-state index contributed by atoms with van der Waals surface area (Å²) in [6.45, 7) is 4.17. The van der Waals surface area contributed by atoms with Gasteiger partial charge in [-0.05, 0) is 30.4 Å². The molecule has 0 radical (unpaired) electrons. The molecule has 0 unspecified atom stereocenters. The largest absolute Gasteiger partial charge is 0.398 e. The fourth-order valence-corrected chi connectivity index (χ4v) is 1.75. The minimum atomic E-state index is 0.904. The van der Waals surface area contributed by atoms with Gasteiger partial charge in [-0.3, -0.25) is 0 Å². The van der Waals surface area contributed by atoms with Gasteiger partial charge in [0.25, 0.3) is 0 Å². The highest BCUT2D eigenvalue weighted by Gasteiger charge is 2.02. The molecule has 2 aromatic carbocycles. The average molecular weight is 171 g/mol. The predicted octanol–water partition coefficient (Wildman–Crippen LogP) is 3.04. The van der Waals surface area contributed by atoms with Gasteiger partial charge in [-0.15, -0.1) is 0 Å². The van der Waals surface area contributed by atoms with Crippen LogP contribution in [-0.4, -0.2) is 0 Å². The number of hydrogen-bond donors (Lipinski definition) is 1. The van der Waals surface area contributed by atoms with Crippen molar-refractivity contribution in [2.45, 2.75) is 13.8 Å². The molecule has 0 amide bonds. The maximum absolute atomic E-state index is 5.99. The van der Waals surface area contributed by atoms with Crippen LogP contribution in [0.4, 0.5) is 5.69 Å². The van der Waals surface area contributed by atoms with E-state index in [0.29, 0.717) is 0 Å². The lowest BCUT2D eigenvalue weighted by atomic mass is 10.0. The van der Waals surface area contributed by atoms with E-state index in [9.17, 15) is 0 Å². The quantitative estimate of drug-likeness (QED) is 0.606. The van der Waals surface area contributed by atoms with Gasteiger partial charge in [0, 0.05) is 11.1 Å². The first-order valence-corrected chi connectivity index (χ1v) is 4.44. The first kappa shape index (κ1) is 8.11. The van der Waals surface area contributed by atoms with E-state index in [4.69, 9.17) is 5.73 Å². The Bertz CT molecular complexity index is 458. The van der Waals surface area contributed by atoms with Crippen molar-refractivity contribution in [2.24, 2.45) is 0 Å². The van der Waals surface area contributed by atoms with E-state index >= 15 is 0 Å². The molecule has 0 atom stereocenters. The second-order valence-electron chi connectivity index (χ2n) is 3.47. The molecule has 0 aromatic heterocycles. The van der Waals surface area contributed by atoms with E-state index in [1.807, 2.05) is 12.1 Å². The standard InChI is InChI=1S/C12H13N/c1-8-7-9(2)12(13)11-6-4-3-5-10(8)11/h3-7H,13H2,1-2H3. The minimum absolute atomic E-state index is 0.904. The number of aryl methyl sites for hydroxylation is 2. The fourth-order valence-electron chi connectivity index (χ4n) is 1.75. The topological polar surface area (TPSA) is 26.0 Å². The number of hydrogen-bond acceptors (Lipinski definition) is 1. The third-order valence-electron chi connectivity index (χ3n) is 2.50. The van der Waals surface area contributed by atoms with Crippen LogP contribution in [0.2, 0.25) is 0 Å². The predicted molar refractivity (Wildman–Crippen MR) is 57.8 cm³/mol. The Labute approximate surface area is 78.2 Å². The van der Waals surface area contributed by atoms with Crippen molar-refractivity contribution in [3.8, 4) is 0 Å². The summed E-state index contributed by atoms with van der Waals surface area (Å²) in [5.41, 5.74) is 9.35. The number of nitrogen functional groups attached to an aromatic ring is 1. The van der Waals surface area contributed by atoms with Crippen molar-refractivity contribution in [1.82, 2.24) is 0 Å². The normalized spacial score (nSPS) is 10.6. The van der Waals surface area contributed by atoms with Crippen molar-refractivity contribution in [1.29, 1.82) is 0 Å². The first-order chi connectivity index (χ1) is 6.20. The molecule has 0 aliphatic rings. The molecule has 0 saturated heterocycles. The molecule has 2 rings (SSSR count). The van der Waals surface area contributed by atoms with Crippen molar-refractivity contribution >= 4 is 16.5 Å². The number of nitrogens with two attached hydrogens (primary N) is 1. The monoisotopic (exact) mass is 171 g/mol. The van der Waals surface area contributed by atoms with Gasteiger partial charge >= 0.3 is 0 Å². The lowest BCUT2D eigenvalue weighted by Crippen LogP contribution is -1.92. The number of anilines is 1. The summed E-state index contributed by atoms with van der Waals surface area (Å²) >= 11 is 0. The summed E-state index contributed by atoms with van der Waals surface area (Å²) in [5, 5.41) is 2.42. The molecular formula is C12H13N. The molecule has 1 nitrogen and oxygen atoms in total. The van der Waals surface area contributed by atoms with Crippen molar-refractivity contribution in [3.63, 3.8) is 0 Å². The van der Waals surface area contributed by atoms with E-state index < -0.39 is 0 Å². The second-order valence-corrected chi connectivity index (χ2v) is 3.47. The van der Waals surface area contributed by atoms with E-state index in [-0.39, 0.29) is 0 Å². The smallest absolute Gasteiger partial charge is 0.0423 e. The van der Waals surface area contributed by atoms with Crippen molar-refractivity contribution < 1.29 is 0 Å². The fraction of sp³-hybridized carbons (Fsp3) is 0.167. The minimum Gasteiger partial charge on any atom is -0.398 e. The maximum atomic E-state index is 5.99. The Hall–Kier alpha value is -1.50. The molecule has 0 bridgehead atoms. The zero-order chi connectivity index (χ0) is 9.42. The Balaban J connectivity index is 2.97. The third kappa shape index (κ3) is 1.17. The summed E-state index contributed by atoms with van der Waals surface area (Å²) in [6, 6.07) is 10.4. The van der Waals surface area contributed by atoms with Crippen LogP contribution in [0.25, 0.3) is 10.8 Å². The molecule has 0 aliphatic heterocycles. The van der Waals surface area contributed by atoms with Gasteiger partial charge in [0.2, 0.25) is 0 Å². The van der Waals surface area contributed by atoms with Gasteiger partial charge in [-0.2, -0.15) is 0 Å². The maximum Gasteiger partial charge on any atom is 0.0423 e. The molecular weight excluding hydrogens is 158 g/mol. The van der Waals surface area contributed by atoms with Crippen LogP contribution in [0.1, 0.15) is 11.1 Å². The highest BCUT2D eigenvalue weighted by Crippen LogP contribution is 2.27. The van der Waals surface area contributed by atoms with Crippen molar-refractivity contribution in [3.05, 3.63) is 41.5 Å². The number of fused-ring (bicyclic) bond motifs is 1. The lowest BCUT2D eigenvalue weighted by molar-refractivity contribution is 1.43. The Kier molecular flexibility index (Phi) is 1.73. The van der Waals surface area contributed by atoms with Crippen LogP contribution in [-0.2, 0) is 0 Å². The Morgan fingerprint density at radius 1 is 0.923 bits per heavy atom. The van der Waals surface area contributed by atoms with Gasteiger partial charge in [-0.1, -0.05) is 30.3 Å². The summed E-state index contributed by atoms with van der Waals surface area (Å²) in [5.74, 6) is 0. The van der Waals surface area contributed by atoms with Gasteiger partial charge in [0.05, 0.1) is 0 Å². The SMILES string of the molecule is Cc1cc(C)c2ccccc2c1N. The lowest BCUT2D eigenvalue weighted by Gasteiger charge is -2.08. The van der Waals surface area contributed by atoms with E-state index in [0.717, 1.165) is 11.3 Å². The van der Waals surface area contributed by atoms with Crippen molar-refractivity contribution in [2.75, 3.05) is 5.73 Å². The van der Waals surface area contributed by atoms with Crippen LogP contribution >= 0.6 is 0 Å². The Morgan fingerprint density at radius 2 is 1.54 bits per heavy atom. The molecule has 0 saturated carbocycles. The van der Waals surface area contributed by atoms with E-state index in [1.54, 1.807) is 0 Å². The summed E-state index contributed by atoms with van der Waals surface area (Å²) in [4.78, 5) is 0. The van der Waals surface area contributed by atoms with Crippen LogP contribution in [0, 0.1) is 13.8 Å². The summed E-state index contributed by atoms with van der Waals surface area (Å²) < 4.78 is 0. The van der Waals surface area contributed by atoms with Crippen LogP contribution in [0.15, 0.2) is 30.3 Å². The molecule has 13 heavy (non-hydrogen) atoms. The molecule has 0 fully saturated rings. The highest BCUT2D eigenvalue weighted by molar-refractivity contribution is 5.96. The van der Waals surface area contributed by atoms with Gasteiger partial charge < -0.3 is 5.73 Å². The zero-order valence-corrected chi connectivity index (χ0v) is 7.96. The van der Waals surface area contributed by atoms with Gasteiger partial charge in [0.15, 0.2) is 0 Å². The van der Waals surface area contributed by atoms with Crippen LogP contribution in [0.3, 0.4) is 0 Å². The molecule has 2 aromatic rings. The van der Waals surface area contributed by atoms with Crippen LogP contribution in [0.5, 0.6) is 0 Å². The van der Waals surface area contributed by atoms with Gasteiger partial charge in [0.1, 0.15) is 0 Å². The van der Waals surface area contributed by atoms with Gasteiger partial charge in [-0.25, -0.2) is 0 Å².